The minimum atomic E-state index is -4.05. The number of alkyl halides is 1. The van der Waals surface area contributed by atoms with E-state index in [0.29, 0.717) is 18.4 Å². The Kier molecular flexibility index (Phi) is 38.6. The third-order valence-corrected chi connectivity index (χ3v) is 13.9. The number of nitrogens with zero attached hydrogens (tertiary/aromatic N) is 2. The summed E-state index contributed by atoms with van der Waals surface area (Å²) in [5.41, 5.74) is 1.81. The lowest BCUT2D eigenvalue weighted by molar-refractivity contribution is 0.0693. The zero-order valence-electron chi connectivity index (χ0n) is 41.6. The van der Waals surface area contributed by atoms with Crippen LogP contribution in [0.25, 0.3) is 0 Å². The van der Waals surface area contributed by atoms with Crippen LogP contribution in [0.5, 0.6) is 0 Å². The van der Waals surface area contributed by atoms with Gasteiger partial charge in [0, 0.05) is 31.5 Å². The first kappa shape index (κ1) is 59.7. The topological polar surface area (TPSA) is 104 Å². The van der Waals surface area contributed by atoms with E-state index in [-0.39, 0.29) is 46.1 Å². The SMILES string of the molecule is CCCCCCCCCCCCCCCCN(CCOP(=O)(OCCBr)OCCN(CCCCCCCCCCCCCCCC)C(=O)OCc1ccccc1)C(=O)OCc1ccccc1. The Morgan fingerprint density at radius 1 is 0.424 bits per heavy atom. The summed E-state index contributed by atoms with van der Waals surface area (Å²) < 4.78 is 42.7. The number of carbonyl (C=O) groups is 2. The van der Waals surface area contributed by atoms with Crippen LogP contribution in [0.4, 0.5) is 9.59 Å². The third-order valence-electron chi connectivity index (χ3n) is 12.0. The van der Waals surface area contributed by atoms with Gasteiger partial charge in [-0.3, -0.25) is 13.6 Å². The molecule has 378 valence electrons. The molecule has 0 atom stereocenters. The molecule has 0 radical (unpaired) electrons. The zero-order chi connectivity index (χ0) is 47.4. The van der Waals surface area contributed by atoms with Crippen molar-refractivity contribution in [3.05, 3.63) is 71.8 Å². The van der Waals surface area contributed by atoms with Crippen molar-refractivity contribution in [2.75, 3.05) is 51.3 Å². The second-order valence-corrected chi connectivity index (χ2v) is 20.3. The Balaban J connectivity index is 1.86. The van der Waals surface area contributed by atoms with Crippen molar-refractivity contribution in [2.45, 2.75) is 207 Å². The fraction of sp³-hybridized carbons (Fsp3) is 0.741. The summed E-state index contributed by atoms with van der Waals surface area (Å²) >= 11 is 3.35. The summed E-state index contributed by atoms with van der Waals surface area (Å²) in [6.45, 7) is 6.14. The van der Waals surface area contributed by atoms with Crippen LogP contribution in [0, 0.1) is 0 Å². The normalized spacial score (nSPS) is 11.5. The number of halogens is 1. The standard InChI is InChI=1S/C54H92BrN2O8P/c1-3-5-7-9-11-13-15-17-19-21-23-25-27-35-42-56(53(58)61-49-51-37-31-29-32-38-51)44-47-64-66(60,63-46-41-55)65-48-45-57(54(59)62-50-52-39-33-30-34-40-52)43-36-28-26-24-22-20-18-16-14-12-10-8-6-4-2/h29-34,37-40H,3-28,35-36,41-50H2,1-2H3. The van der Waals surface area contributed by atoms with Crippen molar-refractivity contribution in [3.8, 4) is 0 Å². The molecule has 0 bridgehead atoms. The number of amides is 2. The van der Waals surface area contributed by atoms with Gasteiger partial charge in [-0.1, -0.05) is 257 Å². The maximum absolute atomic E-state index is 13.9. The Bertz CT molecular complexity index is 1360. The molecule has 0 aromatic heterocycles. The second kappa shape index (κ2) is 42.7. The van der Waals surface area contributed by atoms with Crippen molar-refractivity contribution in [3.63, 3.8) is 0 Å². The predicted octanol–water partition coefficient (Wildman–Crippen LogP) is 16.8. The van der Waals surface area contributed by atoms with Crippen molar-refractivity contribution in [2.24, 2.45) is 0 Å². The maximum atomic E-state index is 13.9. The molecular formula is C54H92BrN2O8P. The van der Waals surface area contributed by atoms with Gasteiger partial charge in [-0.05, 0) is 24.0 Å². The number of phosphoric acid groups is 1. The fourth-order valence-corrected chi connectivity index (χ4v) is 9.55. The van der Waals surface area contributed by atoms with Crippen LogP contribution in [0.15, 0.2) is 60.7 Å². The maximum Gasteiger partial charge on any atom is 0.474 e. The molecule has 2 aromatic carbocycles. The van der Waals surface area contributed by atoms with E-state index in [2.05, 4.69) is 29.8 Å². The van der Waals surface area contributed by atoms with Crippen LogP contribution in [-0.2, 0) is 40.8 Å². The largest absolute Gasteiger partial charge is 0.474 e. The molecule has 0 aliphatic carbocycles. The van der Waals surface area contributed by atoms with Gasteiger partial charge in [-0.15, -0.1) is 0 Å². The molecule has 12 heteroatoms. The van der Waals surface area contributed by atoms with Gasteiger partial charge < -0.3 is 19.3 Å². The van der Waals surface area contributed by atoms with E-state index in [4.69, 9.17) is 23.0 Å². The van der Waals surface area contributed by atoms with Crippen LogP contribution in [0.2, 0.25) is 0 Å². The quantitative estimate of drug-likeness (QED) is 0.0367. The van der Waals surface area contributed by atoms with Gasteiger partial charge in [-0.2, -0.15) is 0 Å². The first-order valence-corrected chi connectivity index (χ1v) is 29.0. The molecule has 2 amide bonds. The molecule has 0 saturated carbocycles. The van der Waals surface area contributed by atoms with E-state index in [0.717, 1.165) is 49.7 Å². The van der Waals surface area contributed by atoms with E-state index in [9.17, 15) is 14.2 Å². The van der Waals surface area contributed by atoms with Crippen molar-refractivity contribution in [1.29, 1.82) is 0 Å². The monoisotopic (exact) mass is 1010 g/mol. The molecule has 2 rings (SSSR count). The third kappa shape index (κ3) is 33.1. The Labute approximate surface area is 411 Å². The van der Waals surface area contributed by atoms with Crippen LogP contribution in [0.1, 0.15) is 205 Å². The summed E-state index contributed by atoms with van der Waals surface area (Å²) in [5, 5.41) is 0.428. The highest BCUT2D eigenvalue weighted by molar-refractivity contribution is 9.09. The zero-order valence-corrected chi connectivity index (χ0v) is 44.1. The highest BCUT2D eigenvalue weighted by atomic mass is 79.9. The first-order valence-electron chi connectivity index (χ1n) is 26.4. The number of unbranched alkanes of at least 4 members (excludes halogenated alkanes) is 26. The van der Waals surface area contributed by atoms with Crippen LogP contribution in [-0.4, -0.2) is 73.3 Å². The predicted molar refractivity (Wildman–Crippen MR) is 276 cm³/mol. The number of ether oxygens (including phenoxy) is 2. The van der Waals surface area contributed by atoms with Gasteiger partial charge in [0.05, 0.1) is 19.8 Å². The summed E-state index contributed by atoms with van der Waals surface area (Å²) in [4.78, 5) is 30.0. The van der Waals surface area contributed by atoms with E-state index in [1.165, 1.54) is 141 Å². The van der Waals surface area contributed by atoms with Crippen molar-refractivity contribution < 1.29 is 37.2 Å². The highest BCUT2D eigenvalue weighted by Crippen LogP contribution is 2.49. The molecule has 10 nitrogen and oxygen atoms in total. The Hall–Kier alpha value is -2.43. The number of benzene rings is 2. The second-order valence-electron chi connectivity index (χ2n) is 17.9. The minimum absolute atomic E-state index is 0.0690. The molecule has 0 fully saturated rings. The van der Waals surface area contributed by atoms with Gasteiger partial charge in [0.25, 0.3) is 0 Å². The number of rotatable bonds is 45. The summed E-state index contributed by atoms with van der Waals surface area (Å²) in [6, 6.07) is 19.2. The van der Waals surface area contributed by atoms with Gasteiger partial charge in [-0.25, -0.2) is 14.2 Å². The van der Waals surface area contributed by atoms with E-state index >= 15 is 0 Å². The van der Waals surface area contributed by atoms with Crippen LogP contribution >= 0.6 is 23.8 Å². The average Bonchev–Trinajstić information content (AvgIpc) is 3.34. The van der Waals surface area contributed by atoms with Gasteiger partial charge in [0.2, 0.25) is 0 Å². The molecule has 0 N–H and O–H groups in total. The molecule has 0 heterocycles. The minimum Gasteiger partial charge on any atom is -0.445 e. The van der Waals surface area contributed by atoms with E-state index in [1.54, 1.807) is 9.80 Å². The lowest BCUT2D eigenvalue weighted by Gasteiger charge is -2.25. The van der Waals surface area contributed by atoms with Crippen LogP contribution < -0.4 is 0 Å². The molecule has 0 unspecified atom stereocenters. The lowest BCUT2D eigenvalue weighted by Crippen LogP contribution is -2.36. The average molecular weight is 1010 g/mol. The first-order chi connectivity index (χ1) is 32.4. The summed E-state index contributed by atoms with van der Waals surface area (Å²) in [7, 11) is -4.05. The Morgan fingerprint density at radius 3 is 1.02 bits per heavy atom. The van der Waals surface area contributed by atoms with Gasteiger partial charge in [0.15, 0.2) is 0 Å². The van der Waals surface area contributed by atoms with Crippen molar-refractivity contribution in [1.82, 2.24) is 9.80 Å². The molecule has 0 spiro atoms. The van der Waals surface area contributed by atoms with Gasteiger partial charge >= 0.3 is 20.0 Å². The van der Waals surface area contributed by atoms with Gasteiger partial charge in [0.1, 0.15) is 13.2 Å². The molecule has 0 aliphatic heterocycles. The number of hydrogen-bond acceptors (Lipinski definition) is 8. The van der Waals surface area contributed by atoms with E-state index < -0.39 is 20.0 Å². The fourth-order valence-electron chi connectivity index (χ4n) is 7.99. The van der Waals surface area contributed by atoms with Crippen LogP contribution in [0.3, 0.4) is 0 Å². The number of hydrogen-bond donors (Lipinski definition) is 0. The van der Waals surface area contributed by atoms with Crippen molar-refractivity contribution >= 4 is 35.9 Å². The van der Waals surface area contributed by atoms with E-state index in [1.807, 2.05) is 60.7 Å². The molecular weight excluding hydrogens is 915 g/mol. The molecule has 66 heavy (non-hydrogen) atoms. The highest BCUT2D eigenvalue weighted by Gasteiger charge is 2.28. The number of carbonyl (C=O) groups excluding carboxylic acids is 2. The lowest BCUT2D eigenvalue weighted by atomic mass is 10.0. The Morgan fingerprint density at radius 2 is 0.712 bits per heavy atom. The molecule has 2 aromatic rings. The summed E-state index contributed by atoms with van der Waals surface area (Å²) in [5.74, 6) is 0. The smallest absolute Gasteiger partial charge is 0.445 e. The summed E-state index contributed by atoms with van der Waals surface area (Å²) in [6.07, 6.45) is 34.2. The molecule has 0 saturated heterocycles. The number of phosphoric ester groups is 1. The molecule has 0 aliphatic rings.